The van der Waals surface area contributed by atoms with Crippen LogP contribution in [0.2, 0.25) is 0 Å². The molecule has 1 aromatic carbocycles. The van der Waals surface area contributed by atoms with Crippen LogP contribution in [0.1, 0.15) is 78.7 Å². The molecule has 2 fully saturated rings. The van der Waals surface area contributed by atoms with Crippen LogP contribution in [0.5, 0.6) is 0 Å². The van der Waals surface area contributed by atoms with Gasteiger partial charge < -0.3 is 50.0 Å². The third-order valence-electron chi connectivity index (χ3n) is 10.2. The normalized spacial score (nSPS) is 33.9. The molecule has 0 saturated carbocycles. The molecule has 13 heteroatoms. The monoisotopic (exact) mass is 694 g/mol. The molecule has 278 valence electrons. The molecule has 0 aliphatic carbocycles. The van der Waals surface area contributed by atoms with Crippen molar-refractivity contribution in [1.29, 1.82) is 0 Å². The number of amides is 2. The second-order valence-electron chi connectivity index (χ2n) is 14.0. The highest BCUT2D eigenvalue weighted by Gasteiger charge is 2.45. The van der Waals surface area contributed by atoms with Crippen LogP contribution >= 0.6 is 0 Å². The Hall–Kier alpha value is -2.65. The third-order valence-corrected chi connectivity index (χ3v) is 10.2. The summed E-state index contributed by atoms with van der Waals surface area (Å²) in [7, 11) is 1.57. The van der Waals surface area contributed by atoms with Crippen LogP contribution in [0.25, 0.3) is 0 Å². The Bertz CT molecular complexity index is 1190. The van der Waals surface area contributed by atoms with Crippen LogP contribution in [0.3, 0.4) is 0 Å². The standard InChI is InChI=1S/C36H58N2O11/c1-7-20(2)29-35(46)48-27(21(3)13-11-12-14-22(4)47-36-32(43)31(42)30(41)28(19-39)49-36)18-26(40)23(5)33(44)37-25(34(45)38(29)6)17-24-15-9-8-10-16-24/h8-10,15-16,20-23,25-32,36,39-43H,7,11-14,17-19H2,1-6H3,(H,37,44)/t20-,21-,22+,23+,25+,26+,27-,28+,29-,30+,31-,32-,36+/m0/s1. The molecule has 0 aromatic heterocycles. The van der Waals surface area contributed by atoms with E-state index < -0.39 is 85.3 Å². The van der Waals surface area contributed by atoms with E-state index in [0.29, 0.717) is 32.1 Å². The van der Waals surface area contributed by atoms with Crippen LogP contribution < -0.4 is 5.32 Å². The van der Waals surface area contributed by atoms with Gasteiger partial charge in [0.15, 0.2) is 6.29 Å². The highest BCUT2D eigenvalue weighted by molar-refractivity contribution is 5.91. The fourth-order valence-corrected chi connectivity index (χ4v) is 6.52. The molecule has 3 rings (SSSR count). The number of nitrogens with one attached hydrogen (secondary N) is 1. The van der Waals surface area contributed by atoms with Crippen molar-refractivity contribution in [3.8, 4) is 0 Å². The molecule has 2 amide bonds. The Morgan fingerprint density at radius 2 is 1.61 bits per heavy atom. The zero-order valence-electron chi connectivity index (χ0n) is 29.7. The van der Waals surface area contributed by atoms with E-state index in [4.69, 9.17) is 14.2 Å². The van der Waals surface area contributed by atoms with E-state index in [9.17, 15) is 39.9 Å². The maximum Gasteiger partial charge on any atom is 0.329 e. The fourth-order valence-electron chi connectivity index (χ4n) is 6.52. The molecular formula is C36H58N2O11. The third kappa shape index (κ3) is 10.9. The first kappa shape index (κ1) is 40.8. The number of likely N-dealkylation sites (N-methyl/N-ethyl adjacent to an activating group) is 1. The number of carbonyl (C=O) groups excluding carboxylic acids is 3. The lowest BCUT2D eigenvalue weighted by Crippen LogP contribution is -2.59. The summed E-state index contributed by atoms with van der Waals surface area (Å²) < 4.78 is 17.3. The molecule has 0 spiro atoms. The molecule has 2 aliphatic heterocycles. The molecule has 2 saturated heterocycles. The Morgan fingerprint density at radius 3 is 2.24 bits per heavy atom. The van der Waals surface area contributed by atoms with Gasteiger partial charge in [0.25, 0.3) is 0 Å². The number of rotatable bonds is 13. The highest BCUT2D eigenvalue weighted by Crippen LogP contribution is 2.28. The summed E-state index contributed by atoms with van der Waals surface area (Å²) in [6.07, 6.45) is -5.46. The van der Waals surface area contributed by atoms with Gasteiger partial charge in [-0.2, -0.15) is 0 Å². The summed E-state index contributed by atoms with van der Waals surface area (Å²) in [6.45, 7) is 8.60. The number of benzene rings is 1. The number of aliphatic hydroxyl groups excluding tert-OH is 5. The van der Waals surface area contributed by atoms with E-state index in [2.05, 4.69) is 5.32 Å². The quantitative estimate of drug-likeness (QED) is 0.129. The van der Waals surface area contributed by atoms with Crippen molar-refractivity contribution in [1.82, 2.24) is 10.2 Å². The van der Waals surface area contributed by atoms with Crippen molar-refractivity contribution in [3.05, 3.63) is 35.9 Å². The van der Waals surface area contributed by atoms with E-state index in [1.807, 2.05) is 51.1 Å². The van der Waals surface area contributed by atoms with Gasteiger partial charge in [-0.25, -0.2) is 4.79 Å². The minimum absolute atomic E-state index is 0.0480. The highest BCUT2D eigenvalue weighted by atomic mass is 16.7. The maximum atomic E-state index is 13.9. The topological polar surface area (TPSA) is 195 Å². The van der Waals surface area contributed by atoms with Crippen LogP contribution in [-0.4, -0.2) is 123 Å². The average Bonchev–Trinajstić information content (AvgIpc) is 3.08. The van der Waals surface area contributed by atoms with Gasteiger partial charge >= 0.3 is 5.97 Å². The molecule has 0 unspecified atom stereocenters. The first-order chi connectivity index (χ1) is 23.2. The van der Waals surface area contributed by atoms with Crippen molar-refractivity contribution < 1.29 is 54.1 Å². The zero-order valence-corrected chi connectivity index (χ0v) is 29.7. The number of unbranched alkanes of at least 4 members (excludes halogenated alkanes) is 1. The lowest BCUT2D eigenvalue weighted by molar-refractivity contribution is -0.310. The van der Waals surface area contributed by atoms with Gasteiger partial charge in [-0.15, -0.1) is 0 Å². The summed E-state index contributed by atoms with van der Waals surface area (Å²) >= 11 is 0. The van der Waals surface area contributed by atoms with E-state index in [-0.39, 0.29) is 30.8 Å². The molecule has 2 aliphatic rings. The van der Waals surface area contributed by atoms with Gasteiger partial charge in [0.2, 0.25) is 11.8 Å². The van der Waals surface area contributed by atoms with Crippen molar-refractivity contribution in [2.75, 3.05) is 13.7 Å². The lowest BCUT2D eigenvalue weighted by atomic mass is 9.88. The predicted octanol–water partition coefficient (Wildman–Crippen LogP) is 1.30. The molecule has 13 nitrogen and oxygen atoms in total. The van der Waals surface area contributed by atoms with Gasteiger partial charge in [-0.3, -0.25) is 9.59 Å². The van der Waals surface area contributed by atoms with Gasteiger partial charge in [0.1, 0.15) is 42.6 Å². The van der Waals surface area contributed by atoms with Crippen LogP contribution in [0.4, 0.5) is 0 Å². The fraction of sp³-hybridized carbons (Fsp3) is 0.750. The average molecular weight is 695 g/mol. The first-order valence-corrected chi connectivity index (χ1v) is 17.6. The molecule has 0 radical (unpaired) electrons. The number of hydrogen-bond donors (Lipinski definition) is 6. The van der Waals surface area contributed by atoms with E-state index in [1.54, 1.807) is 20.9 Å². The molecule has 1 aromatic rings. The van der Waals surface area contributed by atoms with Gasteiger partial charge in [0, 0.05) is 19.9 Å². The van der Waals surface area contributed by atoms with Crippen molar-refractivity contribution in [2.24, 2.45) is 17.8 Å². The Labute approximate surface area is 289 Å². The minimum atomic E-state index is -1.52. The number of carbonyl (C=O) groups is 3. The molecular weight excluding hydrogens is 636 g/mol. The Balaban J connectivity index is 1.68. The number of cyclic esters (lactones) is 1. The predicted molar refractivity (Wildman–Crippen MR) is 180 cm³/mol. The second kappa shape index (κ2) is 19.1. The van der Waals surface area contributed by atoms with E-state index >= 15 is 0 Å². The van der Waals surface area contributed by atoms with Crippen LogP contribution in [0, 0.1) is 17.8 Å². The summed E-state index contributed by atoms with van der Waals surface area (Å²) in [5.74, 6) is -2.71. The molecule has 2 heterocycles. The van der Waals surface area contributed by atoms with E-state index in [0.717, 1.165) is 5.56 Å². The second-order valence-corrected chi connectivity index (χ2v) is 14.0. The first-order valence-electron chi connectivity index (χ1n) is 17.6. The molecule has 6 N–H and O–H groups in total. The minimum Gasteiger partial charge on any atom is -0.460 e. The number of hydrogen-bond acceptors (Lipinski definition) is 11. The Morgan fingerprint density at radius 1 is 0.959 bits per heavy atom. The van der Waals surface area contributed by atoms with Crippen LogP contribution in [-0.2, 0) is 35.0 Å². The summed E-state index contributed by atoms with van der Waals surface area (Å²) in [5, 5.41) is 53.8. The van der Waals surface area contributed by atoms with E-state index in [1.165, 1.54) is 4.90 Å². The van der Waals surface area contributed by atoms with Crippen molar-refractivity contribution in [2.45, 2.75) is 141 Å². The maximum absolute atomic E-state index is 13.9. The Kier molecular flexibility index (Phi) is 15.9. The molecule has 0 bridgehead atoms. The number of ether oxygens (including phenoxy) is 3. The number of aliphatic hydroxyl groups is 5. The van der Waals surface area contributed by atoms with Gasteiger partial charge in [-0.05, 0) is 37.2 Å². The van der Waals surface area contributed by atoms with Crippen LogP contribution in [0.15, 0.2) is 30.3 Å². The number of esters is 1. The van der Waals surface area contributed by atoms with Crippen molar-refractivity contribution in [3.63, 3.8) is 0 Å². The smallest absolute Gasteiger partial charge is 0.329 e. The van der Waals surface area contributed by atoms with Gasteiger partial charge in [-0.1, -0.05) is 77.3 Å². The summed E-state index contributed by atoms with van der Waals surface area (Å²) in [4.78, 5) is 42.5. The summed E-state index contributed by atoms with van der Waals surface area (Å²) in [6, 6.07) is 7.48. The molecule has 13 atom stereocenters. The largest absolute Gasteiger partial charge is 0.460 e. The van der Waals surface area contributed by atoms with Gasteiger partial charge in [0.05, 0.1) is 24.7 Å². The number of nitrogens with zero attached hydrogens (tertiary/aromatic N) is 1. The van der Waals surface area contributed by atoms with Crippen molar-refractivity contribution >= 4 is 17.8 Å². The SMILES string of the molecule is CC[C@H](C)[C@H]1C(=O)O[C@H]([C@@H](C)CCCC[C@@H](C)O[C@@H]2O[C@H](CO)[C@@H](O)[C@H](O)[C@@H]2O)C[C@@H](O)[C@@H](C)C(=O)N[C@H](Cc2ccccc2)C(=O)N1C. The zero-order chi connectivity index (χ0) is 36.4. The lowest BCUT2D eigenvalue weighted by Gasteiger charge is -2.40. The summed E-state index contributed by atoms with van der Waals surface area (Å²) in [5.41, 5.74) is 0.848. The molecule has 49 heavy (non-hydrogen) atoms.